The average Bonchev–Trinajstić information content (AvgIpc) is 1.79. The third-order valence-electron chi connectivity index (χ3n) is 28.1. The van der Waals surface area contributed by atoms with Gasteiger partial charge in [-0.25, -0.2) is 0 Å². The van der Waals surface area contributed by atoms with Crippen molar-refractivity contribution < 1.29 is 44.2 Å². The lowest BCUT2D eigenvalue weighted by atomic mass is 9.79. The van der Waals surface area contributed by atoms with Crippen LogP contribution in [0.5, 0.6) is 17.2 Å². The van der Waals surface area contributed by atoms with E-state index in [2.05, 4.69) is 249 Å². The number of carbonyl (C=O) groups excluding carboxylic acids is 2. The van der Waals surface area contributed by atoms with Crippen LogP contribution in [0.15, 0.2) is 320 Å². The van der Waals surface area contributed by atoms with Crippen molar-refractivity contribution >= 4 is 97.0 Å². The Hall–Kier alpha value is -11.7. The molecule has 736 valence electrons. The molecule has 0 bridgehead atoms. The molecular formula is C124H144BrFN6O8Si. The van der Waals surface area contributed by atoms with E-state index >= 15 is 0 Å². The van der Waals surface area contributed by atoms with Gasteiger partial charge in [-0.3, -0.25) is 23.8 Å². The van der Waals surface area contributed by atoms with Crippen LogP contribution in [0.2, 0.25) is 13.1 Å². The summed E-state index contributed by atoms with van der Waals surface area (Å²) in [6, 6.07) is 108. The number of piperazine rings is 1. The zero-order valence-corrected chi connectivity index (χ0v) is 86.1. The van der Waals surface area contributed by atoms with Gasteiger partial charge in [-0.1, -0.05) is 290 Å². The Morgan fingerprint density at radius 1 is 0.440 bits per heavy atom. The number of nitrogens with one attached hydrogen (secondary N) is 2. The molecule has 12 aromatic carbocycles. The minimum atomic E-state index is -1.63. The summed E-state index contributed by atoms with van der Waals surface area (Å²) in [6.07, 6.45) is 14.2. The summed E-state index contributed by atoms with van der Waals surface area (Å²) in [7, 11) is -1.63. The van der Waals surface area contributed by atoms with E-state index in [-0.39, 0.29) is 49.9 Å². The summed E-state index contributed by atoms with van der Waals surface area (Å²) in [6.45, 7) is 26.8. The Morgan fingerprint density at radius 3 is 1.18 bits per heavy atom. The second-order valence-corrected chi connectivity index (χ2v) is 45.7. The predicted octanol–water partition coefficient (Wildman–Crippen LogP) is 25.6. The SMILES string of the molecule is CC(C)(C)C(=O)Oc1ccc(/C(=C(\CCCF)c2ccccc2)c2ccc(C3CCC3)cc2)cc1.CC(C)N1CCN(c2ccc(/C(=C(/CCCO)c3ccccc3)c3ccc(Br)cc3)cc2)CC1.C[Si](C)(CN1C[C@H]2CNC[C@H]2C1)c1ccc(/C(=C(/CCCO)c2ccccc2)c2ccc(O)cc2)cc1.O=C(CN1CCCCC1)Nc1ccc(/C(=C(/CCCO)c2ccccc2)c2ccc(O)cc2)cc1. The maximum atomic E-state index is 13.3. The van der Waals surface area contributed by atoms with E-state index in [0.29, 0.717) is 56.4 Å². The number of carbonyl (C=O) groups is 2. The molecular weight excluding hydrogens is 1830 g/mol. The molecule has 0 aromatic heterocycles. The zero-order valence-electron chi connectivity index (χ0n) is 83.6. The average molecular weight is 1970 g/mol. The first kappa shape index (κ1) is 105. The number of aliphatic hydroxyl groups excluding tert-OH is 3. The number of rotatable bonds is 34. The molecule has 17 heteroatoms. The standard InChI is InChI=1S/C32H35FO2.C32H40N2O2Si.C30H35BrN2O.C30H34N2O3/c1-32(2,3)31(34)35-28-20-18-27(19-21-28)30(26-16-14-24(15-17-26)23-11-7-12-23)29(13-8-22-33)25-9-5-4-6-10-25;1-37(2,23-34-21-27-19-33-20-28(27)22-34)30-16-12-26(13-17-30)32(25-10-14-29(36)15-11-25)31(9-6-18-35)24-7-4-3-5-8-24;1-23(2)32-18-20-33(21-19-32)28-16-12-26(13-17-28)30(25-10-14-27(31)15-11-25)29(9-6-22-34)24-7-4-3-5-8-24;33-21-7-10-28(23-8-3-1-4-9-23)30(25-13-17-27(34)18-14-25)24-11-15-26(16-12-24)31-29(35)22-32-19-5-2-6-20-32/h4-6,9-10,14-21,23H,7-8,11-13,22H2,1-3H3;3-5,7-8,10-17,27-28,33,35-36H,6,9,18-23H2,1-2H3;3-5,7-8,10-17,23,34H,6,9,18-22H2,1-2H3;1,3-4,8-9,11-18,33-34H,2,5-7,10,19-22H2,(H,31,35)/b30-29+;32-31-;30-29-;30-28+/t;27-,28+;;. The van der Waals surface area contributed by atoms with Crippen LogP contribution in [-0.2, 0) is 9.59 Å². The number of phenolic OH excluding ortho intramolecular Hbond substituents is 2. The fourth-order valence-electron chi connectivity index (χ4n) is 20.2. The molecule has 4 heterocycles. The van der Waals surface area contributed by atoms with Crippen LogP contribution in [0.1, 0.15) is 203 Å². The Kier molecular flexibility index (Phi) is 39.0. The van der Waals surface area contributed by atoms with Crippen LogP contribution in [0.3, 0.4) is 0 Å². The van der Waals surface area contributed by atoms with Gasteiger partial charge < -0.3 is 50.7 Å². The highest BCUT2D eigenvalue weighted by atomic mass is 79.9. The van der Waals surface area contributed by atoms with Crippen molar-refractivity contribution in [3.8, 4) is 17.2 Å². The number of alkyl halides is 1. The van der Waals surface area contributed by atoms with Gasteiger partial charge in [0, 0.05) is 81.0 Å². The number of hydrogen-bond donors (Lipinski definition) is 7. The minimum Gasteiger partial charge on any atom is -0.508 e. The largest absolute Gasteiger partial charge is 0.508 e. The predicted molar refractivity (Wildman–Crippen MR) is 589 cm³/mol. The van der Waals surface area contributed by atoms with Crippen LogP contribution >= 0.6 is 15.9 Å². The van der Waals surface area contributed by atoms with Crippen molar-refractivity contribution in [2.45, 2.75) is 150 Å². The summed E-state index contributed by atoms with van der Waals surface area (Å²) in [5, 5.41) is 56.7. The Bertz CT molecular complexity index is 6030. The maximum absolute atomic E-state index is 13.3. The van der Waals surface area contributed by atoms with Crippen molar-refractivity contribution in [2.24, 2.45) is 17.3 Å². The Morgan fingerprint density at radius 2 is 0.809 bits per heavy atom. The number of aromatic hydroxyl groups is 2. The first-order valence-electron chi connectivity index (χ1n) is 51.1. The molecule has 12 aromatic rings. The van der Waals surface area contributed by atoms with E-state index < -0.39 is 13.5 Å². The summed E-state index contributed by atoms with van der Waals surface area (Å²) < 4.78 is 20.0. The second-order valence-electron chi connectivity index (χ2n) is 40.1. The topological polar surface area (TPSA) is 182 Å². The monoisotopic (exact) mass is 1970 g/mol. The highest BCUT2D eigenvalue weighted by molar-refractivity contribution is 9.10. The fourth-order valence-corrected chi connectivity index (χ4v) is 23.1. The molecule has 17 rings (SSSR count). The molecule has 4 aliphatic heterocycles. The van der Waals surface area contributed by atoms with Crippen LogP contribution in [0.25, 0.3) is 44.6 Å². The third-order valence-corrected chi connectivity index (χ3v) is 31.7. The van der Waals surface area contributed by atoms with E-state index in [1.165, 1.54) is 125 Å². The lowest BCUT2D eigenvalue weighted by molar-refractivity contribution is -0.143. The van der Waals surface area contributed by atoms with Gasteiger partial charge in [0.2, 0.25) is 5.91 Å². The van der Waals surface area contributed by atoms with E-state index in [4.69, 9.17) is 4.74 Å². The maximum Gasteiger partial charge on any atom is 0.316 e. The van der Waals surface area contributed by atoms with Crippen LogP contribution in [-0.4, -0.2) is 171 Å². The quantitative estimate of drug-likeness (QED) is 0.00877. The first-order valence-corrected chi connectivity index (χ1v) is 55.1. The second kappa shape index (κ2) is 52.3. The van der Waals surface area contributed by atoms with Crippen LogP contribution in [0, 0.1) is 17.3 Å². The minimum absolute atomic E-state index is 0.0156. The number of anilines is 2. The fraction of sp³-hybridized carbons (Fsp3) is 0.339. The number of likely N-dealkylation sites (tertiary alicyclic amines) is 2. The zero-order chi connectivity index (χ0) is 99.0. The number of piperidine rings is 1. The molecule has 7 N–H and O–H groups in total. The van der Waals surface area contributed by atoms with Crippen molar-refractivity contribution in [1.82, 2.24) is 20.0 Å². The van der Waals surface area contributed by atoms with Crippen molar-refractivity contribution in [3.05, 3.63) is 392 Å². The van der Waals surface area contributed by atoms with E-state index in [1.54, 1.807) is 24.3 Å². The first-order chi connectivity index (χ1) is 68.5. The number of benzene rings is 12. The van der Waals surface area contributed by atoms with Crippen molar-refractivity contribution in [3.63, 3.8) is 0 Å². The van der Waals surface area contributed by atoms with Crippen LogP contribution in [0.4, 0.5) is 15.8 Å². The number of nitrogens with zero attached hydrogens (tertiary/aromatic N) is 4. The third kappa shape index (κ3) is 29.5. The number of phenols is 2. The molecule has 4 saturated heterocycles. The summed E-state index contributed by atoms with van der Waals surface area (Å²) >= 11 is 3.58. The molecule has 5 fully saturated rings. The van der Waals surface area contributed by atoms with Gasteiger partial charge in [-0.2, -0.15) is 0 Å². The number of aliphatic hydroxyl groups is 3. The van der Waals surface area contributed by atoms with E-state index in [9.17, 15) is 39.5 Å². The summed E-state index contributed by atoms with van der Waals surface area (Å²) in [4.78, 5) is 34.9. The smallest absolute Gasteiger partial charge is 0.316 e. The normalized spacial score (nSPS) is 16.5. The summed E-state index contributed by atoms with van der Waals surface area (Å²) in [5.74, 6) is 3.11. The molecule has 141 heavy (non-hydrogen) atoms. The Balaban J connectivity index is 0.000000150. The molecule has 14 nitrogen and oxygen atoms in total. The number of hydrogen-bond acceptors (Lipinski definition) is 13. The molecule has 5 aliphatic rings. The van der Waals surface area contributed by atoms with Gasteiger partial charge in [0.25, 0.3) is 0 Å². The van der Waals surface area contributed by atoms with Gasteiger partial charge in [-0.15, -0.1) is 0 Å². The van der Waals surface area contributed by atoms with Gasteiger partial charge >= 0.3 is 5.97 Å². The van der Waals surface area contributed by atoms with Gasteiger partial charge in [-0.05, 0) is 351 Å². The van der Waals surface area contributed by atoms with Gasteiger partial charge in [0.05, 0.1) is 26.7 Å². The molecule has 0 radical (unpaired) electrons. The number of halogens is 2. The molecule has 1 saturated carbocycles. The number of ether oxygens (including phenoxy) is 1. The van der Waals surface area contributed by atoms with E-state index in [0.717, 1.165) is 155 Å². The van der Waals surface area contributed by atoms with Gasteiger partial charge in [0.1, 0.15) is 17.2 Å². The molecule has 0 unspecified atom stereocenters. The molecule has 1 amide bonds. The van der Waals surface area contributed by atoms with E-state index in [1.807, 2.05) is 136 Å². The highest BCUT2D eigenvalue weighted by Gasteiger charge is 2.39. The lowest BCUT2D eigenvalue weighted by Crippen LogP contribution is -2.51. The molecule has 2 atom stereocenters. The van der Waals surface area contributed by atoms with Gasteiger partial charge in [0.15, 0.2) is 0 Å². The number of amides is 1. The highest BCUT2D eigenvalue weighted by Crippen LogP contribution is 2.44. The number of fused-ring (bicyclic) bond motifs is 1. The van der Waals surface area contributed by atoms with Crippen molar-refractivity contribution in [2.75, 3.05) is 115 Å². The number of allylic oxidation sites excluding steroid dienone is 4. The number of esters is 1. The van der Waals surface area contributed by atoms with Crippen molar-refractivity contribution in [1.29, 1.82) is 0 Å². The molecule has 1 aliphatic carbocycles. The summed E-state index contributed by atoms with van der Waals surface area (Å²) in [5.41, 5.74) is 25.6. The Labute approximate surface area is 846 Å². The molecule has 0 spiro atoms. The van der Waals surface area contributed by atoms with Crippen LogP contribution < -0.4 is 25.5 Å². The lowest BCUT2D eigenvalue weighted by Gasteiger charge is -2.38.